The molecule has 31 heavy (non-hydrogen) atoms. The van der Waals surface area contributed by atoms with Gasteiger partial charge >= 0.3 is 197 Å². The van der Waals surface area contributed by atoms with Crippen LogP contribution in [0.3, 0.4) is 0 Å². The van der Waals surface area contributed by atoms with E-state index < -0.39 is 16.2 Å². The summed E-state index contributed by atoms with van der Waals surface area (Å²) in [5.41, 5.74) is 4.77. The number of hydrogen-bond donors (Lipinski definition) is 0. The van der Waals surface area contributed by atoms with Gasteiger partial charge in [0.1, 0.15) is 0 Å². The third-order valence-corrected chi connectivity index (χ3v) is 12.9. The van der Waals surface area contributed by atoms with E-state index in [1.807, 2.05) is 0 Å². The van der Waals surface area contributed by atoms with E-state index in [1.165, 1.54) is 29.0 Å². The van der Waals surface area contributed by atoms with Gasteiger partial charge in [-0.3, -0.25) is 0 Å². The fraction of sp³-hybridized carbons (Fsp3) is 0.400. The summed E-state index contributed by atoms with van der Waals surface area (Å²) >= 11 is -2.15. The fourth-order valence-corrected chi connectivity index (χ4v) is 10.2. The van der Waals surface area contributed by atoms with E-state index in [0.717, 1.165) is 0 Å². The maximum atomic E-state index is 2.40. The quantitative estimate of drug-likeness (QED) is 0.407. The molecular formula is C30H39Ga. The van der Waals surface area contributed by atoms with Crippen molar-refractivity contribution in [3.05, 3.63) is 89.5 Å². The molecule has 0 unspecified atom stereocenters. The van der Waals surface area contributed by atoms with E-state index >= 15 is 0 Å². The molecule has 0 heterocycles. The molecule has 0 fully saturated rings. The van der Waals surface area contributed by atoms with Crippen LogP contribution in [-0.4, -0.2) is 16.2 Å². The molecule has 0 radical (unpaired) electrons. The molecule has 0 N–H and O–H groups in total. The molecule has 162 valence electrons. The average molecular weight is 469 g/mol. The van der Waals surface area contributed by atoms with Gasteiger partial charge in [-0.25, -0.2) is 0 Å². The van der Waals surface area contributed by atoms with E-state index in [9.17, 15) is 0 Å². The summed E-state index contributed by atoms with van der Waals surface area (Å²) in [6, 6.07) is 28.5. The van der Waals surface area contributed by atoms with E-state index in [4.69, 9.17) is 0 Å². The van der Waals surface area contributed by atoms with Gasteiger partial charge in [-0.2, -0.15) is 0 Å². The van der Waals surface area contributed by atoms with Crippen LogP contribution in [0.1, 0.15) is 79.0 Å². The van der Waals surface area contributed by atoms with Gasteiger partial charge in [-0.05, 0) is 0 Å². The minimum absolute atomic E-state index is 0.184. The first-order valence-electron chi connectivity index (χ1n) is 11.6. The first kappa shape index (κ1) is 23.9. The Bertz CT molecular complexity index is 850. The van der Waals surface area contributed by atoms with Crippen molar-refractivity contribution >= 4 is 28.6 Å². The molecule has 0 aromatic heterocycles. The zero-order valence-corrected chi connectivity index (χ0v) is 23.4. The fourth-order valence-electron chi connectivity index (χ4n) is 4.10. The molecular weight excluding hydrogens is 430 g/mol. The molecule has 0 bridgehead atoms. The molecule has 3 rings (SSSR count). The molecule has 0 saturated carbocycles. The SMILES string of the molecule is CC(C)(C)c1cc[c]([Ga]([c]2ccc(C(C)(C)C)cc2)[c]2ccc(C(C)(C)C)cc2)cc1. The molecule has 0 nitrogen and oxygen atoms in total. The van der Waals surface area contributed by atoms with Gasteiger partial charge in [0.15, 0.2) is 0 Å². The molecule has 3 aromatic carbocycles. The molecule has 3 aromatic rings. The van der Waals surface area contributed by atoms with Gasteiger partial charge in [-0.1, -0.05) is 0 Å². The Morgan fingerprint density at radius 3 is 0.710 bits per heavy atom. The Kier molecular flexibility index (Phi) is 6.70. The molecule has 0 aliphatic carbocycles. The van der Waals surface area contributed by atoms with Gasteiger partial charge in [0, 0.05) is 0 Å². The van der Waals surface area contributed by atoms with Crippen molar-refractivity contribution in [3.8, 4) is 0 Å². The predicted octanol–water partition coefficient (Wildman–Crippen LogP) is 6.10. The van der Waals surface area contributed by atoms with Crippen LogP contribution in [-0.2, 0) is 16.2 Å². The summed E-state index contributed by atoms with van der Waals surface area (Å²) < 4.78 is 4.60. The third-order valence-electron chi connectivity index (χ3n) is 6.33. The van der Waals surface area contributed by atoms with Gasteiger partial charge in [0.05, 0.1) is 0 Å². The molecule has 0 amide bonds. The zero-order valence-electron chi connectivity index (χ0n) is 21.0. The first-order chi connectivity index (χ1) is 14.3. The van der Waals surface area contributed by atoms with Crippen LogP contribution in [0.15, 0.2) is 72.8 Å². The molecule has 1 heteroatoms. The first-order valence-corrected chi connectivity index (χ1v) is 15.2. The summed E-state index contributed by atoms with van der Waals surface area (Å²) in [6.07, 6.45) is 0. The Morgan fingerprint density at radius 2 is 0.548 bits per heavy atom. The van der Waals surface area contributed by atoms with Crippen molar-refractivity contribution in [3.63, 3.8) is 0 Å². The van der Waals surface area contributed by atoms with E-state index in [-0.39, 0.29) is 16.2 Å². The van der Waals surface area contributed by atoms with Gasteiger partial charge < -0.3 is 0 Å². The Hall–Kier alpha value is -1.70. The standard InChI is InChI=1S/3C10H13.Ga/c3*1-10(2,3)9-7-5-4-6-8-9;/h3*5-8H,1-3H3;. The van der Waals surface area contributed by atoms with Crippen molar-refractivity contribution in [2.45, 2.75) is 78.6 Å². The third kappa shape index (κ3) is 5.76. The van der Waals surface area contributed by atoms with Crippen LogP contribution in [0, 0.1) is 0 Å². The normalized spacial score (nSPS) is 12.7. The van der Waals surface area contributed by atoms with Crippen LogP contribution in [0.25, 0.3) is 0 Å². The molecule has 0 aliphatic rings. The van der Waals surface area contributed by atoms with E-state index in [0.29, 0.717) is 0 Å². The number of rotatable bonds is 3. The second kappa shape index (κ2) is 8.68. The summed E-state index contributed by atoms with van der Waals surface area (Å²) in [7, 11) is 0. The van der Waals surface area contributed by atoms with E-state index in [1.54, 1.807) is 0 Å². The van der Waals surface area contributed by atoms with Crippen molar-refractivity contribution in [2.75, 3.05) is 0 Å². The molecule has 0 aliphatic heterocycles. The monoisotopic (exact) mass is 468 g/mol. The van der Waals surface area contributed by atoms with Crippen LogP contribution >= 0.6 is 0 Å². The van der Waals surface area contributed by atoms with Crippen molar-refractivity contribution in [2.24, 2.45) is 0 Å². The van der Waals surface area contributed by atoms with Crippen LogP contribution in [0.4, 0.5) is 0 Å². The van der Waals surface area contributed by atoms with Crippen molar-refractivity contribution < 1.29 is 0 Å². The van der Waals surface area contributed by atoms with Gasteiger partial charge in [0.25, 0.3) is 0 Å². The number of hydrogen-bond acceptors (Lipinski definition) is 0. The van der Waals surface area contributed by atoms with Crippen LogP contribution in [0.5, 0.6) is 0 Å². The zero-order chi connectivity index (χ0) is 23.0. The van der Waals surface area contributed by atoms with Crippen LogP contribution in [0.2, 0.25) is 0 Å². The molecule has 0 atom stereocenters. The topological polar surface area (TPSA) is 0 Å². The summed E-state index contributed by atoms with van der Waals surface area (Å²) in [6.45, 7) is 20.6. The summed E-state index contributed by atoms with van der Waals surface area (Å²) in [5.74, 6) is 0. The second-order valence-electron chi connectivity index (χ2n) is 12.0. The van der Waals surface area contributed by atoms with Gasteiger partial charge in [-0.15, -0.1) is 0 Å². The number of benzene rings is 3. The Balaban J connectivity index is 2.08. The summed E-state index contributed by atoms with van der Waals surface area (Å²) in [5, 5.41) is 0. The molecule has 0 saturated heterocycles. The average Bonchev–Trinajstić information content (AvgIpc) is 2.67. The second-order valence-corrected chi connectivity index (χ2v) is 18.1. The minimum atomic E-state index is -2.15. The van der Waals surface area contributed by atoms with Crippen molar-refractivity contribution in [1.29, 1.82) is 0 Å². The van der Waals surface area contributed by atoms with Gasteiger partial charge in [0.2, 0.25) is 0 Å². The van der Waals surface area contributed by atoms with Crippen molar-refractivity contribution in [1.82, 2.24) is 0 Å². The summed E-state index contributed by atoms with van der Waals surface area (Å²) in [4.78, 5) is 0. The van der Waals surface area contributed by atoms with E-state index in [2.05, 4.69) is 135 Å². The Labute approximate surface area is 196 Å². The predicted molar refractivity (Wildman–Crippen MR) is 140 cm³/mol. The Morgan fingerprint density at radius 1 is 0.355 bits per heavy atom. The molecule has 0 spiro atoms. The van der Waals surface area contributed by atoms with Crippen LogP contribution < -0.4 is 12.4 Å². The maximum absolute atomic E-state index is 2.40.